The topological polar surface area (TPSA) is 87.7 Å². The van der Waals surface area contributed by atoms with Gasteiger partial charge in [0.1, 0.15) is 17.7 Å². The molecule has 0 radical (unpaired) electrons. The molecular formula is C29H49N3O4. The van der Waals surface area contributed by atoms with E-state index in [1.165, 1.54) is 0 Å². The molecule has 36 heavy (non-hydrogen) atoms. The third kappa shape index (κ3) is 11.4. The number of amides is 3. The Hall–Kier alpha value is -2.57. The lowest BCUT2D eigenvalue weighted by molar-refractivity contribution is -0.143. The first-order valence-electron chi connectivity index (χ1n) is 13.4. The monoisotopic (exact) mass is 503 g/mol. The molecule has 0 spiro atoms. The van der Waals surface area contributed by atoms with Crippen molar-refractivity contribution in [1.82, 2.24) is 15.5 Å². The van der Waals surface area contributed by atoms with Crippen LogP contribution in [-0.4, -0.2) is 47.0 Å². The molecule has 2 unspecified atom stereocenters. The Morgan fingerprint density at radius 2 is 1.56 bits per heavy atom. The van der Waals surface area contributed by atoms with Crippen molar-refractivity contribution in [2.24, 2.45) is 5.92 Å². The maximum atomic E-state index is 14.1. The van der Waals surface area contributed by atoms with Crippen molar-refractivity contribution in [3.63, 3.8) is 0 Å². The molecule has 0 fully saturated rings. The molecule has 0 bridgehead atoms. The van der Waals surface area contributed by atoms with E-state index < -0.39 is 23.8 Å². The summed E-state index contributed by atoms with van der Waals surface area (Å²) in [4.78, 5) is 41.9. The number of ether oxygens (including phenoxy) is 1. The molecule has 0 aromatic heterocycles. The van der Waals surface area contributed by atoms with Gasteiger partial charge in [0.15, 0.2) is 0 Å². The second-order valence-corrected chi connectivity index (χ2v) is 11.4. The quantitative estimate of drug-likeness (QED) is 0.328. The molecule has 0 aliphatic rings. The van der Waals surface area contributed by atoms with Gasteiger partial charge in [-0.25, -0.2) is 4.79 Å². The summed E-state index contributed by atoms with van der Waals surface area (Å²) in [6.07, 6.45) is 3.67. The summed E-state index contributed by atoms with van der Waals surface area (Å²) < 4.78 is 5.45. The predicted octanol–water partition coefficient (Wildman–Crippen LogP) is 5.91. The molecule has 0 heterocycles. The molecule has 1 aromatic rings. The van der Waals surface area contributed by atoms with Gasteiger partial charge in [-0.15, -0.1) is 0 Å². The summed E-state index contributed by atoms with van der Waals surface area (Å²) in [6, 6.07) is 6.05. The van der Waals surface area contributed by atoms with Crippen LogP contribution in [0.5, 0.6) is 0 Å². The number of unbranched alkanes of at least 4 members (excludes halogenated alkanes) is 3. The molecule has 0 aliphatic heterocycles. The van der Waals surface area contributed by atoms with Crippen LogP contribution in [-0.2, 0) is 14.3 Å². The molecule has 2 N–H and O–H groups in total. The Morgan fingerprint density at radius 1 is 0.944 bits per heavy atom. The lowest BCUT2D eigenvalue weighted by Gasteiger charge is -2.35. The fourth-order valence-corrected chi connectivity index (χ4v) is 4.00. The molecule has 1 rings (SSSR count). The van der Waals surface area contributed by atoms with Crippen LogP contribution in [0.4, 0.5) is 4.79 Å². The van der Waals surface area contributed by atoms with E-state index in [1.807, 2.05) is 58.9 Å². The van der Waals surface area contributed by atoms with Crippen molar-refractivity contribution in [3.05, 3.63) is 35.4 Å². The molecule has 7 nitrogen and oxygen atoms in total. The van der Waals surface area contributed by atoms with Crippen molar-refractivity contribution in [1.29, 1.82) is 0 Å². The first-order chi connectivity index (χ1) is 16.7. The number of rotatable bonds is 13. The molecule has 204 valence electrons. The van der Waals surface area contributed by atoms with E-state index in [4.69, 9.17) is 4.74 Å². The van der Waals surface area contributed by atoms with Gasteiger partial charge < -0.3 is 20.3 Å². The summed E-state index contributed by atoms with van der Waals surface area (Å²) in [5.41, 5.74) is 1.15. The van der Waals surface area contributed by atoms with Crippen LogP contribution >= 0.6 is 0 Å². The van der Waals surface area contributed by atoms with E-state index in [2.05, 4.69) is 17.6 Å². The second-order valence-electron chi connectivity index (χ2n) is 11.4. The smallest absolute Gasteiger partial charge is 0.408 e. The molecule has 7 heteroatoms. The van der Waals surface area contributed by atoms with E-state index in [9.17, 15) is 14.4 Å². The molecule has 2 atom stereocenters. The summed E-state index contributed by atoms with van der Waals surface area (Å²) in [5, 5.41) is 5.80. The highest BCUT2D eigenvalue weighted by molar-refractivity contribution is 5.92. The SMILES string of the molecule is CCCCCCN(C(=O)C(CC(C)C)NC(=O)OC(C)(C)C)C(C(=O)NC(C)C)c1ccc(C)cc1. The molecule has 0 aliphatic carbocycles. The van der Waals surface area contributed by atoms with Gasteiger partial charge in [0.25, 0.3) is 0 Å². The average Bonchev–Trinajstić information content (AvgIpc) is 2.73. The van der Waals surface area contributed by atoms with Crippen LogP contribution in [0.25, 0.3) is 0 Å². The van der Waals surface area contributed by atoms with Crippen molar-refractivity contribution in [2.75, 3.05) is 6.54 Å². The van der Waals surface area contributed by atoms with Crippen LogP contribution in [0.15, 0.2) is 24.3 Å². The molecule has 0 saturated carbocycles. The zero-order valence-corrected chi connectivity index (χ0v) is 23.9. The molecule has 0 saturated heterocycles. The van der Waals surface area contributed by atoms with Gasteiger partial charge in [-0.3, -0.25) is 9.59 Å². The maximum absolute atomic E-state index is 14.1. The standard InChI is InChI=1S/C29H49N3O4/c1-10-11-12-13-18-32(25(26(33)30-21(4)5)23-16-14-22(6)15-17-23)27(34)24(19-20(2)3)31-28(35)36-29(7,8)9/h14-17,20-21,24-25H,10-13,18-19H2,1-9H3,(H,30,33)(H,31,35). The van der Waals surface area contributed by atoms with Gasteiger partial charge in [0.05, 0.1) is 0 Å². The van der Waals surface area contributed by atoms with Crippen molar-refractivity contribution < 1.29 is 19.1 Å². The summed E-state index contributed by atoms with van der Waals surface area (Å²) in [7, 11) is 0. The Labute approximate surface area is 218 Å². The van der Waals surface area contributed by atoms with Crippen LogP contribution in [0, 0.1) is 12.8 Å². The number of hydrogen-bond acceptors (Lipinski definition) is 4. The number of alkyl carbamates (subject to hydrolysis) is 1. The van der Waals surface area contributed by atoms with Crippen LogP contribution in [0.3, 0.4) is 0 Å². The van der Waals surface area contributed by atoms with Gasteiger partial charge in [0.2, 0.25) is 11.8 Å². The second kappa shape index (κ2) is 14.9. The average molecular weight is 504 g/mol. The lowest BCUT2D eigenvalue weighted by Crippen LogP contribution is -2.54. The number of benzene rings is 1. The molecule has 3 amide bonds. The number of aryl methyl sites for hydroxylation is 1. The number of nitrogens with one attached hydrogen (secondary N) is 2. The van der Waals surface area contributed by atoms with E-state index in [-0.39, 0.29) is 23.8 Å². The van der Waals surface area contributed by atoms with Gasteiger partial charge >= 0.3 is 6.09 Å². The zero-order chi connectivity index (χ0) is 27.5. The highest BCUT2D eigenvalue weighted by Gasteiger charge is 2.36. The Bertz CT molecular complexity index is 828. The third-order valence-corrected chi connectivity index (χ3v) is 5.62. The minimum Gasteiger partial charge on any atom is -0.444 e. The Kier molecular flexibility index (Phi) is 13.0. The Balaban J connectivity index is 3.44. The van der Waals surface area contributed by atoms with Crippen LogP contribution < -0.4 is 10.6 Å². The van der Waals surface area contributed by atoms with E-state index >= 15 is 0 Å². The zero-order valence-electron chi connectivity index (χ0n) is 23.9. The fourth-order valence-electron chi connectivity index (χ4n) is 4.00. The number of hydrogen-bond donors (Lipinski definition) is 2. The lowest BCUT2D eigenvalue weighted by atomic mass is 9.98. The van der Waals surface area contributed by atoms with Crippen molar-refractivity contribution >= 4 is 17.9 Å². The van der Waals surface area contributed by atoms with Crippen molar-refractivity contribution in [2.45, 2.75) is 118 Å². The largest absolute Gasteiger partial charge is 0.444 e. The first-order valence-corrected chi connectivity index (χ1v) is 13.4. The first kappa shape index (κ1) is 31.5. The summed E-state index contributed by atoms with van der Waals surface area (Å²) in [6.45, 7) is 17.7. The number of carbonyl (C=O) groups is 3. The minimum absolute atomic E-state index is 0.0751. The normalized spacial score (nSPS) is 13.3. The van der Waals surface area contributed by atoms with Crippen molar-refractivity contribution in [3.8, 4) is 0 Å². The molecule has 1 aromatic carbocycles. The van der Waals surface area contributed by atoms with E-state index in [0.29, 0.717) is 13.0 Å². The molecular weight excluding hydrogens is 454 g/mol. The van der Waals surface area contributed by atoms with Gasteiger partial charge in [-0.2, -0.15) is 0 Å². The third-order valence-electron chi connectivity index (χ3n) is 5.62. The number of nitrogens with zero attached hydrogens (tertiary/aromatic N) is 1. The van der Waals surface area contributed by atoms with Gasteiger partial charge in [0, 0.05) is 12.6 Å². The summed E-state index contributed by atoms with van der Waals surface area (Å²) >= 11 is 0. The number of carbonyl (C=O) groups excluding carboxylic acids is 3. The predicted molar refractivity (Wildman–Crippen MR) is 146 cm³/mol. The van der Waals surface area contributed by atoms with Crippen LogP contribution in [0.2, 0.25) is 0 Å². The van der Waals surface area contributed by atoms with Crippen LogP contribution in [0.1, 0.15) is 105 Å². The van der Waals surface area contributed by atoms with Gasteiger partial charge in [-0.05, 0) is 65.9 Å². The highest BCUT2D eigenvalue weighted by Crippen LogP contribution is 2.25. The van der Waals surface area contributed by atoms with E-state index in [0.717, 1.165) is 36.8 Å². The highest BCUT2D eigenvalue weighted by atomic mass is 16.6. The Morgan fingerprint density at radius 3 is 2.06 bits per heavy atom. The summed E-state index contributed by atoms with van der Waals surface area (Å²) in [5.74, 6) is -0.341. The fraction of sp³-hybridized carbons (Fsp3) is 0.690. The maximum Gasteiger partial charge on any atom is 0.408 e. The van der Waals surface area contributed by atoms with Gasteiger partial charge in [-0.1, -0.05) is 69.9 Å². The minimum atomic E-state index is -0.800. The van der Waals surface area contributed by atoms with E-state index in [1.54, 1.807) is 25.7 Å².